The Labute approximate surface area is 97.7 Å². The van der Waals surface area contributed by atoms with Gasteiger partial charge in [-0.15, -0.1) is 0 Å². The Hall–Kier alpha value is -0.130. The summed E-state index contributed by atoms with van der Waals surface area (Å²) in [6.07, 6.45) is 6.75. The molecule has 4 nitrogen and oxygen atoms in total. The van der Waals surface area contributed by atoms with Crippen molar-refractivity contribution in [1.29, 1.82) is 0 Å². The van der Waals surface area contributed by atoms with Crippen molar-refractivity contribution in [2.75, 3.05) is 13.2 Å². The zero-order chi connectivity index (χ0) is 11.6. The predicted molar refractivity (Wildman–Crippen MR) is 62.6 cm³/mol. The lowest BCUT2D eigenvalue weighted by Crippen LogP contribution is -2.42. The molecule has 0 aromatic heterocycles. The normalized spacial score (nSPS) is 23.9. The van der Waals surface area contributed by atoms with Crippen molar-refractivity contribution < 1.29 is 13.5 Å². The number of sulfonamides is 1. The van der Waals surface area contributed by atoms with E-state index < -0.39 is 10.0 Å². The van der Waals surface area contributed by atoms with Crippen molar-refractivity contribution in [3.63, 3.8) is 0 Å². The first kappa shape index (κ1) is 12.3. The van der Waals surface area contributed by atoms with Crippen LogP contribution >= 0.6 is 0 Å². The van der Waals surface area contributed by atoms with Crippen LogP contribution in [0, 0.1) is 0 Å². The molecule has 0 aromatic rings. The molecule has 0 aliphatic heterocycles. The van der Waals surface area contributed by atoms with Crippen molar-refractivity contribution in [2.24, 2.45) is 0 Å². The summed E-state index contributed by atoms with van der Waals surface area (Å²) < 4.78 is 26.3. The monoisotopic (exact) mass is 247 g/mol. The summed E-state index contributed by atoms with van der Waals surface area (Å²) in [5.41, 5.74) is 0. The molecule has 0 bridgehead atoms. The molecule has 1 N–H and O–H groups in total. The minimum Gasteiger partial charge on any atom is -0.395 e. The minimum absolute atomic E-state index is 0.0670. The number of nitrogens with zero attached hydrogens (tertiary/aromatic N) is 1. The van der Waals surface area contributed by atoms with Crippen LogP contribution < -0.4 is 0 Å². The molecular formula is C11H21NO3S. The molecule has 0 amide bonds. The smallest absolute Gasteiger partial charge is 0.217 e. The van der Waals surface area contributed by atoms with Crippen LogP contribution in [0.2, 0.25) is 0 Å². The third kappa shape index (κ3) is 2.57. The largest absolute Gasteiger partial charge is 0.395 e. The summed E-state index contributed by atoms with van der Waals surface area (Å²) >= 11 is 0. The fraction of sp³-hybridized carbons (Fsp3) is 1.00. The van der Waals surface area contributed by atoms with Gasteiger partial charge < -0.3 is 5.11 Å². The lowest BCUT2D eigenvalue weighted by atomic mass is 10.0. The van der Waals surface area contributed by atoms with E-state index in [1.54, 1.807) is 4.31 Å². The molecule has 2 aliphatic carbocycles. The molecule has 0 saturated heterocycles. The molecule has 0 atom stereocenters. The van der Waals surface area contributed by atoms with Crippen molar-refractivity contribution in [3.05, 3.63) is 0 Å². The highest BCUT2D eigenvalue weighted by molar-refractivity contribution is 7.89. The van der Waals surface area contributed by atoms with Crippen LogP contribution in [0.3, 0.4) is 0 Å². The van der Waals surface area contributed by atoms with E-state index in [4.69, 9.17) is 5.11 Å². The van der Waals surface area contributed by atoms with Gasteiger partial charge in [0.05, 0.1) is 11.9 Å². The van der Waals surface area contributed by atoms with Gasteiger partial charge in [-0.05, 0) is 25.7 Å². The van der Waals surface area contributed by atoms with E-state index in [9.17, 15) is 8.42 Å². The number of aliphatic hydroxyl groups excluding tert-OH is 1. The Bertz CT molecular complexity index is 318. The summed E-state index contributed by atoms with van der Waals surface area (Å²) in [5.74, 6) is 0. The Morgan fingerprint density at radius 2 is 1.69 bits per heavy atom. The van der Waals surface area contributed by atoms with Crippen LogP contribution in [0.5, 0.6) is 0 Å². The van der Waals surface area contributed by atoms with Crippen LogP contribution in [-0.4, -0.2) is 42.3 Å². The van der Waals surface area contributed by atoms with Gasteiger partial charge in [0.2, 0.25) is 10.0 Å². The number of aliphatic hydroxyl groups is 1. The number of hydrogen-bond donors (Lipinski definition) is 1. The lowest BCUT2D eigenvalue weighted by molar-refractivity contribution is 0.248. The lowest BCUT2D eigenvalue weighted by Gasteiger charge is -2.29. The molecule has 5 heteroatoms. The van der Waals surface area contributed by atoms with Crippen molar-refractivity contribution in [3.8, 4) is 0 Å². The van der Waals surface area contributed by atoms with Gasteiger partial charge in [-0.3, -0.25) is 0 Å². The second kappa shape index (κ2) is 5.02. The average Bonchev–Trinajstić information content (AvgIpc) is 3.11. The summed E-state index contributed by atoms with van der Waals surface area (Å²) in [7, 11) is -3.15. The summed E-state index contributed by atoms with van der Waals surface area (Å²) in [6.45, 7) is 0.214. The van der Waals surface area contributed by atoms with Gasteiger partial charge in [-0.2, -0.15) is 4.31 Å². The van der Waals surface area contributed by atoms with Gasteiger partial charge in [0, 0.05) is 12.6 Å². The highest BCUT2D eigenvalue weighted by Crippen LogP contribution is 2.33. The Balaban J connectivity index is 2.07. The molecule has 2 aliphatic rings. The third-order valence-electron chi connectivity index (χ3n) is 3.57. The van der Waals surface area contributed by atoms with Gasteiger partial charge in [0.1, 0.15) is 0 Å². The molecule has 0 heterocycles. The quantitative estimate of drug-likeness (QED) is 0.791. The summed E-state index contributed by atoms with van der Waals surface area (Å²) in [5, 5.41) is 8.78. The molecular weight excluding hydrogens is 226 g/mol. The molecule has 0 radical (unpaired) electrons. The topological polar surface area (TPSA) is 57.6 Å². The molecule has 16 heavy (non-hydrogen) atoms. The zero-order valence-corrected chi connectivity index (χ0v) is 10.5. The molecule has 0 unspecified atom stereocenters. The van der Waals surface area contributed by atoms with E-state index in [2.05, 4.69) is 0 Å². The average molecular weight is 247 g/mol. The summed E-state index contributed by atoms with van der Waals surface area (Å²) in [6, 6.07) is 0.180. The maximum absolute atomic E-state index is 12.4. The Morgan fingerprint density at radius 1 is 1.06 bits per heavy atom. The first-order valence-electron chi connectivity index (χ1n) is 6.28. The maximum atomic E-state index is 12.4. The van der Waals surface area contributed by atoms with E-state index >= 15 is 0 Å². The molecule has 2 saturated carbocycles. The molecule has 94 valence electrons. The van der Waals surface area contributed by atoms with Gasteiger partial charge in [-0.25, -0.2) is 8.42 Å². The number of rotatable bonds is 5. The minimum atomic E-state index is -3.15. The first-order chi connectivity index (χ1) is 7.66. The van der Waals surface area contributed by atoms with E-state index in [-0.39, 0.29) is 24.4 Å². The van der Waals surface area contributed by atoms with Gasteiger partial charge in [0.15, 0.2) is 0 Å². The third-order valence-corrected chi connectivity index (χ3v) is 6.02. The molecule has 0 aromatic carbocycles. The van der Waals surface area contributed by atoms with E-state index in [0.717, 1.165) is 44.9 Å². The second-order valence-electron chi connectivity index (χ2n) is 4.87. The standard InChI is InChI=1S/C11H21NO3S/c13-9-8-12(10-6-7-10)16(14,15)11-4-2-1-3-5-11/h10-11,13H,1-9H2. The van der Waals surface area contributed by atoms with Crippen molar-refractivity contribution in [2.45, 2.75) is 56.2 Å². The maximum Gasteiger partial charge on any atom is 0.217 e. The molecule has 2 fully saturated rings. The van der Waals surface area contributed by atoms with Gasteiger partial charge in [-0.1, -0.05) is 19.3 Å². The van der Waals surface area contributed by atoms with Crippen molar-refractivity contribution in [1.82, 2.24) is 4.31 Å². The predicted octanol–water partition coefficient (Wildman–Crippen LogP) is 1.11. The molecule has 0 spiro atoms. The number of hydrogen-bond acceptors (Lipinski definition) is 3. The Morgan fingerprint density at radius 3 is 2.19 bits per heavy atom. The fourth-order valence-electron chi connectivity index (χ4n) is 2.53. The first-order valence-corrected chi connectivity index (χ1v) is 7.78. The highest BCUT2D eigenvalue weighted by Gasteiger charge is 2.40. The van der Waals surface area contributed by atoms with Crippen LogP contribution in [0.4, 0.5) is 0 Å². The van der Waals surface area contributed by atoms with Gasteiger partial charge >= 0.3 is 0 Å². The second-order valence-corrected chi connectivity index (χ2v) is 7.04. The van der Waals surface area contributed by atoms with E-state index in [1.807, 2.05) is 0 Å². The van der Waals surface area contributed by atoms with Gasteiger partial charge in [0.25, 0.3) is 0 Å². The fourth-order valence-corrected chi connectivity index (χ4v) is 4.81. The van der Waals surface area contributed by atoms with Crippen LogP contribution in [0.25, 0.3) is 0 Å². The highest BCUT2D eigenvalue weighted by atomic mass is 32.2. The van der Waals surface area contributed by atoms with Crippen LogP contribution in [0.1, 0.15) is 44.9 Å². The molecule has 2 rings (SSSR count). The zero-order valence-electron chi connectivity index (χ0n) is 9.64. The summed E-state index contributed by atoms with van der Waals surface area (Å²) in [4.78, 5) is 0. The van der Waals surface area contributed by atoms with Crippen molar-refractivity contribution >= 4 is 10.0 Å². The van der Waals surface area contributed by atoms with E-state index in [0.29, 0.717) is 0 Å². The van der Waals surface area contributed by atoms with E-state index in [1.165, 1.54) is 0 Å². The van der Waals surface area contributed by atoms with Crippen LogP contribution in [-0.2, 0) is 10.0 Å². The Kier molecular flexibility index (Phi) is 3.87. The SMILES string of the molecule is O=S(=O)(C1CCCCC1)N(CCO)C1CC1. The van der Waals surface area contributed by atoms with Crippen LogP contribution in [0.15, 0.2) is 0 Å².